The summed E-state index contributed by atoms with van der Waals surface area (Å²) in [6, 6.07) is 21.9. The van der Waals surface area contributed by atoms with Gasteiger partial charge in [0.05, 0.1) is 18.2 Å². The number of esters is 1. The molecule has 0 radical (unpaired) electrons. The zero-order valence-electron chi connectivity index (χ0n) is 15.5. The average Bonchev–Trinajstić information content (AvgIpc) is 3.09. The summed E-state index contributed by atoms with van der Waals surface area (Å²) in [5.74, 6) is 0.263. The molecule has 5 heteroatoms. The Balaban J connectivity index is 1.83. The summed E-state index contributed by atoms with van der Waals surface area (Å²) < 4.78 is 16.5. The van der Waals surface area contributed by atoms with Gasteiger partial charge in [-0.3, -0.25) is 0 Å². The maximum Gasteiger partial charge on any atom is 0.344 e. The molecule has 5 nitrogen and oxygen atoms in total. The second kappa shape index (κ2) is 6.63. The van der Waals surface area contributed by atoms with Crippen LogP contribution in [0.1, 0.15) is 27.6 Å². The molecule has 142 valence electrons. The molecule has 0 saturated carbocycles. The summed E-state index contributed by atoms with van der Waals surface area (Å²) in [4.78, 5) is 25.5. The molecule has 4 aromatic rings. The van der Waals surface area contributed by atoms with E-state index in [1.807, 2.05) is 48.5 Å². The quantitative estimate of drug-likeness (QED) is 0.377. The number of rotatable bonds is 3. The minimum absolute atomic E-state index is 0.312. The van der Waals surface area contributed by atoms with Crippen molar-refractivity contribution in [2.24, 2.45) is 0 Å². The first-order valence-electron chi connectivity index (χ1n) is 9.17. The molecule has 0 saturated heterocycles. The predicted octanol–water partition coefficient (Wildman–Crippen LogP) is 4.73. The molecule has 0 spiro atoms. The van der Waals surface area contributed by atoms with Crippen molar-refractivity contribution < 1.29 is 18.7 Å². The highest BCUT2D eigenvalue weighted by molar-refractivity contribution is 5.98. The Bertz CT molecular complexity index is 1300. The number of carbonyl (C=O) groups excluding carboxylic acids is 1. The van der Waals surface area contributed by atoms with Gasteiger partial charge in [0.25, 0.3) is 0 Å². The largest absolute Gasteiger partial charge is 0.497 e. The number of hydrogen-bond donors (Lipinski definition) is 0. The van der Waals surface area contributed by atoms with Crippen molar-refractivity contribution in [3.63, 3.8) is 0 Å². The highest BCUT2D eigenvalue weighted by Crippen LogP contribution is 2.41. The molecule has 2 heterocycles. The summed E-state index contributed by atoms with van der Waals surface area (Å²) in [5.41, 5.74) is 2.89. The lowest BCUT2D eigenvalue weighted by Crippen LogP contribution is -2.16. The number of carbonyl (C=O) groups is 1. The van der Waals surface area contributed by atoms with Gasteiger partial charge >= 0.3 is 11.6 Å². The molecule has 0 bridgehead atoms. The lowest BCUT2D eigenvalue weighted by Gasteiger charge is -2.17. The van der Waals surface area contributed by atoms with Gasteiger partial charge in [0.2, 0.25) is 0 Å². The minimum Gasteiger partial charge on any atom is -0.497 e. The Kier molecular flexibility index (Phi) is 3.95. The summed E-state index contributed by atoms with van der Waals surface area (Å²) in [7, 11) is 1.60. The Morgan fingerprint density at radius 1 is 0.862 bits per heavy atom. The van der Waals surface area contributed by atoms with Crippen molar-refractivity contribution in [1.29, 1.82) is 0 Å². The minimum atomic E-state index is -0.823. The third-order valence-electron chi connectivity index (χ3n) is 5.18. The van der Waals surface area contributed by atoms with Crippen LogP contribution < -0.4 is 10.4 Å². The van der Waals surface area contributed by atoms with Crippen LogP contribution in [0.15, 0.2) is 82.0 Å². The van der Waals surface area contributed by atoms with E-state index in [-0.39, 0.29) is 0 Å². The van der Waals surface area contributed by atoms with Gasteiger partial charge in [0, 0.05) is 16.5 Å². The standard InChI is InChI=1S/C24H16O5/c1-27-15-12-10-14(11-13-15)20-18-8-4-5-9-19(18)28-24(26)21(20)22-16-6-2-3-7-17(16)23(25)29-22/h2-13,22H,1H3. The molecule has 0 fully saturated rings. The van der Waals surface area contributed by atoms with Crippen molar-refractivity contribution in [2.45, 2.75) is 6.10 Å². The van der Waals surface area contributed by atoms with Crippen LogP contribution in [0.4, 0.5) is 0 Å². The summed E-state index contributed by atoms with van der Waals surface area (Å²) >= 11 is 0. The van der Waals surface area contributed by atoms with E-state index in [0.29, 0.717) is 33.6 Å². The molecule has 1 aliphatic rings. The van der Waals surface area contributed by atoms with Crippen molar-refractivity contribution >= 4 is 16.9 Å². The Morgan fingerprint density at radius 3 is 2.38 bits per heavy atom. The van der Waals surface area contributed by atoms with Crippen LogP contribution in [0.3, 0.4) is 0 Å². The molecule has 1 atom stereocenters. The Labute approximate surface area is 166 Å². The predicted molar refractivity (Wildman–Crippen MR) is 108 cm³/mol. The van der Waals surface area contributed by atoms with E-state index in [1.165, 1.54) is 0 Å². The fraction of sp³-hybridized carbons (Fsp3) is 0.0833. The van der Waals surface area contributed by atoms with Gasteiger partial charge in [-0.25, -0.2) is 9.59 Å². The van der Waals surface area contributed by atoms with Crippen molar-refractivity contribution in [3.05, 3.63) is 99.9 Å². The zero-order chi connectivity index (χ0) is 20.0. The van der Waals surface area contributed by atoms with Crippen molar-refractivity contribution in [2.75, 3.05) is 7.11 Å². The van der Waals surface area contributed by atoms with Crippen LogP contribution in [0, 0.1) is 0 Å². The van der Waals surface area contributed by atoms with Crippen LogP contribution in [-0.4, -0.2) is 13.1 Å². The first-order valence-corrected chi connectivity index (χ1v) is 9.17. The van der Waals surface area contributed by atoms with E-state index < -0.39 is 17.7 Å². The number of hydrogen-bond acceptors (Lipinski definition) is 5. The third kappa shape index (κ3) is 2.70. The van der Waals surface area contributed by atoms with Gasteiger partial charge in [-0.1, -0.05) is 48.5 Å². The molecule has 0 amide bonds. The number of ether oxygens (including phenoxy) is 2. The van der Waals surface area contributed by atoms with Gasteiger partial charge in [-0.05, 0) is 29.8 Å². The number of fused-ring (bicyclic) bond motifs is 2. The molecule has 0 aliphatic carbocycles. The number of benzene rings is 3. The molecule has 0 N–H and O–H groups in total. The zero-order valence-corrected chi connectivity index (χ0v) is 15.5. The maximum atomic E-state index is 13.1. The molecular formula is C24H16O5. The van der Waals surface area contributed by atoms with E-state index in [4.69, 9.17) is 13.9 Å². The lowest BCUT2D eigenvalue weighted by molar-refractivity contribution is 0.0452. The van der Waals surface area contributed by atoms with Crippen LogP contribution in [0.5, 0.6) is 5.75 Å². The smallest absolute Gasteiger partial charge is 0.344 e. The third-order valence-corrected chi connectivity index (χ3v) is 5.18. The first-order chi connectivity index (χ1) is 14.2. The number of cyclic esters (lactones) is 1. The molecule has 1 unspecified atom stereocenters. The summed E-state index contributed by atoms with van der Waals surface area (Å²) in [5, 5.41) is 0.771. The van der Waals surface area contributed by atoms with E-state index in [9.17, 15) is 9.59 Å². The topological polar surface area (TPSA) is 65.7 Å². The van der Waals surface area contributed by atoms with Crippen LogP contribution in [0.2, 0.25) is 0 Å². The van der Waals surface area contributed by atoms with E-state index in [2.05, 4.69) is 0 Å². The summed E-state index contributed by atoms with van der Waals surface area (Å²) in [6.45, 7) is 0. The maximum absolute atomic E-state index is 13.1. The van der Waals surface area contributed by atoms with E-state index >= 15 is 0 Å². The van der Waals surface area contributed by atoms with Gasteiger partial charge in [-0.2, -0.15) is 0 Å². The summed E-state index contributed by atoms with van der Waals surface area (Å²) in [6.07, 6.45) is -0.823. The molecular weight excluding hydrogens is 368 g/mol. The molecule has 5 rings (SSSR count). The Hall–Kier alpha value is -3.86. The number of methoxy groups -OCH3 is 1. The normalized spacial score (nSPS) is 15.2. The van der Waals surface area contributed by atoms with E-state index in [0.717, 1.165) is 10.9 Å². The second-order valence-corrected chi connectivity index (χ2v) is 6.78. The van der Waals surface area contributed by atoms with Crippen LogP contribution in [-0.2, 0) is 4.74 Å². The molecule has 29 heavy (non-hydrogen) atoms. The van der Waals surface area contributed by atoms with Crippen LogP contribution >= 0.6 is 0 Å². The fourth-order valence-electron chi connectivity index (χ4n) is 3.83. The van der Waals surface area contributed by atoms with Gasteiger partial charge < -0.3 is 13.9 Å². The van der Waals surface area contributed by atoms with Gasteiger partial charge in [0.15, 0.2) is 6.10 Å². The second-order valence-electron chi connectivity index (χ2n) is 6.78. The van der Waals surface area contributed by atoms with Gasteiger partial charge in [-0.15, -0.1) is 0 Å². The molecule has 3 aromatic carbocycles. The van der Waals surface area contributed by atoms with Crippen molar-refractivity contribution in [3.8, 4) is 16.9 Å². The first kappa shape index (κ1) is 17.3. The monoisotopic (exact) mass is 384 g/mol. The number of para-hydroxylation sites is 1. The average molecular weight is 384 g/mol. The fourth-order valence-corrected chi connectivity index (χ4v) is 3.83. The Morgan fingerprint density at radius 2 is 1.59 bits per heavy atom. The molecule has 1 aliphatic heterocycles. The van der Waals surface area contributed by atoms with Gasteiger partial charge in [0.1, 0.15) is 11.3 Å². The van der Waals surface area contributed by atoms with Crippen molar-refractivity contribution in [1.82, 2.24) is 0 Å². The molecule has 1 aromatic heterocycles. The van der Waals surface area contributed by atoms with E-state index in [1.54, 1.807) is 31.4 Å². The van der Waals surface area contributed by atoms with Crippen LogP contribution in [0.25, 0.3) is 22.1 Å². The SMILES string of the molecule is COc1ccc(-c2c(C3OC(=O)c4ccccc43)c(=O)oc3ccccc23)cc1. The highest BCUT2D eigenvalue weighted by atomic mass is 16.5. The highest BCUT2D eigenvalue weighted by Gasteiger charge is 2.36. The lowest BCUT2D eigenvalue weighted by atomic mass is 9.91.